The Morgan fingerprint density at radius 2 is 0.719 bits per heavy atom. The largest absolute Gasteiger partial charge is 0.503 e. The molecule has 1 atom stereocenters. The van der Waals surface area contributed by atoms with Gasteiger partial charge in [-0.2, -0.15) is 0 Å². The highest BCUT2D eigenvalue weighted by atomic mass is 28.4. The highest BCUT2D eigenvalue weighted by Gasteiger charge is 2.46. The summed E-state index contributed by atoms with van der Waals surface area (Å²) in [5.74, 6) is 0. The van der Waals surface area contributed by atoms with Crippen LogP contribution in [0.15, 0.2) is 0 Å². The second-order valence-corrected chi connectivity index (χ2v) is 12.7. The lowest BCUT2D eigenvalue weighted by Gasteiger charge is -2.33. The molecule has 0 radical (unpaired) electrons. The van der Waals surface area contributed by atoms with Crippen molar-refractivity contribution < 1.29 is 13.3 Å². The van der Waals surface area contributed by atoms with Crippen LogP contribution in [0.25, 0.3) is 0 Å². The normalized spacial score (nSPS) is 13.0. The predicted octanol–water partition coefficient (Wildman–Crippen LogP) is 9.86. The summed E-state index contributed by atoms with van der Waals surface area (Å²) in [4.78, 5) is 0. The van der Waals surface area contributed by atoms with Crippen molar-refractivity contribution in [1.82, 2.24) is 0 Å². The molecule has 0 spiro atoms. The molecule has 0 aliphatic heterocycles. The van der Waals surface area contributed by atoms with Crippen molar-refractivity contribution in [3.8, 4) is 0 Å². The van der Waals surface area contributed by atoms with Gasteiger partial charge in [-0.1, -0.05) is 129 Å². The fourth-order valence-corrected chi connectivity index (χ4v) is 7.55. The van der Waals surface area contributed by atoms with Crippen LogP contribution in [0, 0.1) is 0 Å². The fourth-order valence-electron chi connectivity index (χ4n) is 4.68. The van der Waals surface area contributed by atoms with Crippen molar-refractivity contribution in [2.45, 2.75) is 162 Å². The molecule has 0 saturated heterocycles. The summed E-state index contributed by atoms with van der Waals surface area (Å²) < 4.78 is 18.2. The van der Waals surface area contributed by atoms with E-state index in [2.05, 4.69) is 13.8 Å². The Hall–Kier alpha value is 0.0969. The van der Waals surface area contributed by atoms with Gasteiger partial charge in [-0.3, -0.25) is 0 Å². The van der Waals surface area contributed by atoms with Crippen molar-refractivity contribution in [3.05, 3.63) is 0 Å². The smallest absolute Gasteiger partial charge is 0.374 e. The zero-order valence-electron chi connectivity index (χ0n) is 22.9. The van der Waals surface area contributed by atoms with Crippen LogP contribution >= 0.6 is 0 Å². The minimum atomic E-state index is -2.51. The van der Waals surface area contributed by atoms with Gasteiger partial charge < -0.3 is 13.3 Å². The average molecular weight is 473 g/mol. The Kier molecular flexibility index (Phi) is 24.3. The lowest BCUT2D eigenvalue weighted by Crippen LogP contribution is -2.49. The van der Waals surface area contributed by atoms with Crippen molar-refractivity contribution in [3.63, 3.8) is 0 Å². The maximum Gasteiger partial charge on any atom is 0.503 e. The first kappa shape index (κ1) is 32.1. The van der Waals surface area contributed by atoms with E-state index in [9.17, 15) is 0 Å². The van der Waals surface area contributed by atoms with Gasteiger partial charge in [0.2, 0.25) is 0 Å². The van der Waals surface area contributed by atoms with Gasteiger partial charge in [0.05, 0.1) is 0 Å². The molecule has 0 rings (SSSR count). The molecule has 194 valence electrons. The minimum absolute atomic E-state index is 0.392. The van der Waals surface area contributed by atoms with Gasteiger partial charge in [0.1, 0.15) is 0 Å². The maximum absolute atomic E-state index is 6.05. The first-order valence-corrected chi connectivity index (χ1v) is 16.4. The van der Waals surface area contributed by atoms with Gasteiger partial charge >= 0.3 is 8.80 Å². The highest BCUT2D eigenvalue weighted by Crippen LogP contribution is 2.30. The molecule has 0 aromatic rings. The first-order valence-electron chi connectivity index (χ1n) is 14.6. The molecule has 0 bridgehead atoms. The molecule has 0 aromatic carbocycles. The summed E-state index contributed by atoms with van der Waals surface area (Å²) in [5.41, 5.74) is 0.392. The number of unbranched alkanes of at least 4 members (excludes halogenated alkanes) is 17. The summed E-state index contributed by atoms with van der Waals surface area (Å²) in [6.07, 6.45) is 26.8. The van der Waals surface area contributed by atoms with E-state index in [4.69, 9.17) is 13.3 Å². The van der Waals surface area contributed by atoms with Crippen LogP contribution in [-0.4, -0.2) is 28.6 Å². The molecule has 0 aliphatic rings. The van der Waals surface area contributed by atoms with Crippen LogP contribution in [0.1, 0.15) is 157 Å². The topological polar surface area (TPSA) is 27.7 Å². The zero-order valence-corrected chi connectivity index (χ0v) is 23.9. The first-order chi connectivity index (χ1) is 15.7. The van der Waals surface area contributed by atoms with Gasteiger partial charge in [0.15, 0.2) is 0 Å². The van der Waals surface area contributed by atoms with E-state index in [0.29, 0.717) is 25.4 Å². The van der Waals surface area contributed by atoms with Crippen molar-refractivity contribution in [2.24, 2.45) is 0 Å². The molecular weight excluding hydrogens is 412 g/mol. The molecule has 0 saturated carbocycles. The van der Waals surface area contributed by atoms with Crippen LogP contribution in [-0.2, 0) is 13.3 Å². The highest BCUT2D eigenvalue weighted by molar-refractivity contribution is 6.62. The van der Waals surface area contributed by atoms with Gasteiger partial charge in [0, 0.05) is 25.4 Å². The Labute approximate surface area is 204 Å². The standard InChI is InChI=1S/C28H60O3Si/c1-6-10-11-12-13-14-15-16-17-18-19-20-21-22-23-24-25-26-27-28(5)32(29-7-2,30-8-3)31-9-4/h28H,6-27H2,1-5H3. The lowest BCUT2D eigenvalue weighted by molar-refractivity contribution is 0.0612. The Morgan fingerprint density at radius 1 is 0.438 bits per heavy atom. The monoisotopic (exact) mass is 472 g/mol. The molecule has 4 heteroatoms. The van der Waals surface area contributed by atoms with E-state index < -0.39 is 8.80 Å². The van der Waals surface area contributed by atoms with Crippen molar-refractivity contribution in [1.29, 1.82) is 0 Å². The molecule has 0 aromatic heterocycles. The quantitative estimate of drug-likeness (QED) is 0.0925. The van der Waals surface area contributed by atoms with Crippen LogP contribution in [0.4, 0.5) is 0 Å². The van der Waals surface area contributed by atoms with E-state index >= 15 is 0 Å². The summed E-state index contributed by atoms with van der Waals surface area (Å²) in [5, 5.41) is 0. The van der Waals surface area contributed by atoms with Crippen LogP contribution in [0.2, 0.25) is 5.54 Å². The molecule has 1 unspecified atom stereocenters. The molecule has 0 N–H and O–H groups in total. The van der Waals surface area contributed by atoms with Gasteiger partial charge in [-0.15, -0.1) is 0 Å². The SMILES string of the molecule is CCCCCCCCCCCCCCCCCCCCC(C)[Si](OCC)(OCC)OCC. The predicted molar refractivity (Wildman–Crippen MR) is 143 cm³/mol. The van der Waals surface area contributed by atoms with Crippen molar-refractivity contribution in [2.75, 3.05) is 19.8 Å². The van der Waals surface area contributed by atoms with Crippen LogP contribution < -0.4 is 0 Å². The molecule has 0 aliphatic carbocycles. The zero-order chi connectivity index (χ0) is 23.8. The second-order valence-electron chi connectivity index (χ2n) is 9.60. The van der Waals surface area contributed by atoms with E-state index in [1.54, 1.807) is 0 Å². The third kappa shape index (κ3) is 17.6. The number of rotatable bonds is 26. The van der Waals surface area contributed by atoms with Crippen molar-refractivity contribution >= 4 is 8.80 Å². The van der Waals surface area contributed by atoms with E-state index in [0.717, 1.165) is 6.42 Å². The van der Waals surface area contributed by atoms with E-state index in [1.807, 2.05) is 20.8 Å². The fraction of sp³-hybridized carbons (Fsp3) is 1.00. The Bertz CT molecular complexity index is 348. The molecular formula is C28H60O3Si. The second kappa shape index (κ2) is 24.2. The van der Waals surface area contributed by atoms with Gasteiger partial charge in [-0.25, -0.2) is 0 Å². The molecule has 0 amide bonds. The summed E-state index contributed by atoms with van der Waals surface area (Å²) in [6.45, 7) is 12.7. The minimum Gasteiger partial charge on any atom is -0.374 e. The van der Waals surface area contributed by atoms with Gasteiger partial charge in [-0.05, 0) is 27.2 Å². The summed E-state index contributed by atoms with van der Waals surface area (Å²) in [6, 6.07) is 0. The average Bonchev–Trinajstić information content (AvgIpc) is 2.78. The third-order valence-electron chi connectivity index (χ3n) is 6.63. The summed E-state index contributed by atoms with van der Waals surface area (Å²) >= 11 is 0. The Balaban J connectivity index is 3.53. The van der Waals surface area contributed by atoms with Gasteiger partial charge in [0.25, 0.3) is 0 Å². The lowest BCUT2D eigenvalue weighted by atomic mass is 10.0. The molecule has 3 nitrogen and oxygen atoms in total. The molecule has 0 fully saturated rings. The number of hydrogen-bond donors (Lipinski definition) is 0. The molecule has 0 heterocycles. The number of hydrogen-bond acceptors (Lipinski definition) is 3. The van der Waals surface area contributed by atoms with E-state index in [-0.39, 0.29) is 0 Å². The van der Waals surface area contributed by atoms with Crippen LogP contribution in [0.5, 0.6) is 0 Å². The summed E-state index contributed by atoms with van der Waals surface area (Å²) in [7, 11) is -2.51. The third-order valence-corrected chi connectivity index (χ3v) is 10.2. The maximum atomic E-state index is 6.05. The molecule has 32 heavy (non-hydrogen) atoms. The van der Waals surface area contributed by atoms with Crippen LogP contribution in [0.3, 0.4) is 0 Å². The van der Waals surface area contributed by atoms with E-state index in [1.165, 1.54) is 116 Å². The Morgan fingerprint density at radius 3 is 1.00 bits per heavy atom.